The van der Waals surface area contributed by atoms with Crippen LogP contribution in [0.4, 0.5) is 23.7 Å². The van der Waals surface area contributed by atoms with Crippen molar-refractivity contribution < 1.29 is 33.0 Å². The van der Waals surface area contributed by atoms with Gasteiger partial charge in [0.1, 0.15) is 0 Å². The predicted molar refractivity (Wildman–Crippen MR) is 69.8 cm³/mol. The number of hydrogen-bond acceptors (Lipinski definition) is 3. The summed E-state index contributed by atoms with van der Waals surface area (Å²) in [6, 6.07) is 0.389. The highest BCUT2D eigenvalue weighted by Gasteiger charge is 2.33. The molecule has 0 radical (unpaired) electrons. The zero-order valence-electron chi connectivity index (χ0n) is 10.2. The van der Waals surface area contributed by atoms with Gasteiger partial charge in [-0.05, 0) is 18.2 Å². The molecule has 0 saturated heterocycles. The third kappa shape index (κ3) is 4.90. The fourth-order valence-electron chi connectivity index (χ4n) is 1.33. The summed E-state index contributed by atoms with van der Waals surface area (Å²) in [6.07, 6.45) is -4.61. The maximum absolute atomic E-state index is 12.7. The quantitative estimate of drug-likeness (QED) is 0.651. The molecule has 116 valence electrons. The Balaban J connectivity index is 2.84. The van der Waals surface area contributed by atoms with Crippen molar-refractivity contribution in [3.05, 3.63) is 28.2 Å². The summed E-state index contributed by atoms with van der Waals surface area (Å²) in [7, 11) is 0. The molecule has 0 bridgehead atoms. The first-order valence-corrected chi connectivity index (χ1v) is 6.22. The number of nitrogens with one attached hydrogen (secondary N) is 2. The van der Waals surface area contributed by atoms with Crippen molar-refractivity contribution in [2.75, 3.05) is 11.9 Å². The molecule has 21 heavy (non-hydrogen) atoms. The summed E-state index contributed by atoms with van der Waals surface area (Å²) in [5.74, 6) is -1.47. The molecule has 0 aliphatic heterocycles. The van der Waals surface area contributed by atoms with Crippen molar-refractivity contribution in [1.82, 2.24) is 5.32 Å². The van der Waals surface area contributed by atoms with Gasteiger partial charge in [-0.15, -0.1) is 0 Å². The SMILES string of the molecule is O=C(Nc1ccc(Br)c(C(F)(F)F)c1)N[C@@H](CO)C(=O)O. The Bertz CT molecular complexity index is 551. The molecule has 0 spiro atoms. The standard InChI is InChI=1S/C11H10BrF3N2O4/c12-7-2-1-5(3-6(7)11(13,14)15)16-10(21)17-8(4-18)9(19)20/h1-3,8,18H,4H2,(H,19,20)(H2,16,17,21)/t8-/m0/s1. The molecule has 0 fully saturated rings. The zero-order valence-corrected chi connectivity index (χ0v) is 11.8. The minimum absolute atomic E-state index is 0.176. The first-order chi connectivity index (χ1) is 9.65. The third-order valence-electron chi connectivity index (χ3n) is 2.32. The fourth-order valence-corrected chi connectivity index (χ4v) is 1.80. The Morgan fingerprint density at radius 3 is 2.43 bits per heavy atom. The number of halogens is 4. The molecule has 0 aliphatic carbocycles. The molecular weight excluding hydrogens is 361 g/mol. The molecule has 0 heterocycles. The number of rotatable bonds is 4. The van der Waals surface area contributed by atoms with Gasteiger partial charge in [0.2, 0.25) is 0 Å². The number of aliphatic hydroxyl groups excluding tert-OH is 1. The summed E-state index contributed by atoms with van der Waals surface area (Å²) in [6.45, 7) is -0.850. The number of amides is 2. The van der Waals surface area contributed by atoms with E-state index in [4.69, 9.17) is 10.2 Å². The van der Waals surface area contributed by atoms with E-state index in [0.717, 1.165) is 6.07 Å². The lowest BCUT2D eigenvalue weighted by Crippen LogP contribution is -2.45. The van der Waals surface area contributed by atoms with Crippen molar-refractivity contribution in [2.24, 2.45) is 0 Å². The Kier molecular flexibility index (Phi) is 5.55. The number of benzene rings is 1. The van der Waals surface area contributed by atoms with Crippen LogP contribution in [0.5, 0.6) is 0 Å². The summed E-state index contributed by atoms with van der Waals surface area (Å²) in [4.78, 5) is 22.0. The summed E-state index contributed by atoms with van der Waals surface area (Å²) >= 11 is 2.74. The van der Waals surface area contributed by atoms with Crippen molar-refractivity contribution in [3.8, 4) is 0 Å². The van der Waals surface area contributed by atoms with Gasteiger partial charge in [-0.1, -0.05) is 15.9 Å². The molecule has 10 heteroatoms. The van der Waals surface area contributed by atoms with Crippen molar-refractivity contribution in [1.29, 1.82) is 0 Å². The van der Waals surface area contributed by atoms with Gasteiger partial charge in [-0.3, -0.25) is 0 Å². The van der Waals surface area contributed by atoms with E-state index < -0.39 is 36.4 Å². The topological polar surface area (TPSA) is 98.7 Å². The number of carbonyl (C=O) groups excluding carboxylic acids is 1. The average molecular weight is 371 g/mol. The summed E-state index contributed by atoms with van der Waals surface area (Å²) < 4.78 is 37.8. The van der Waals surface area contributed by atoms with Gasteiger partial charge in [0.05, 0.1) is 12.2 Å². The monoisotopic (exact) mass is 370 g/mol. The van der Waals surface area contributed by atoms with Crippen molar-refractivity contribution >= 4 is 33.6 Å². The molecule has 0 aliphatic rings. The number of carboxylic acid groups (broad SMARTS) is 1. The molecule has 4 N–H and O–H groups in total. The Hall–Kier alpha value is -1.81. The van der Waals surface area contributed by atoms with Crippen LogP contribution in [0.2, 0.25) is 0 Å². The van der Waals surface area contributed by atoms with Crippen LogP contribution in [0.15, 0.2) is 22.7 Å². The van der Waals surface area contributed by atoms with E-state index in [1.54, 1.807) is 0 Å². The molecule has 2 amide bonds. The second-order valence-corrected chi connectivity index (χ2v) is 4.72. The van der Waals surface area contributed by atoms with Gasteiger partial charge in [0, 0.05) is 10.2 Å². The molecule has 1 rings (SSSR count). The minimum Gasteiger partial charge on any atom is -0.480 e. The maximum Gasteiger partial charge on any atom is 0.417 e. The highest BCUT2D eigenvalue weighted by molar-refractivity contribution is 9.10. The van der Waals surface area contributed by atoms with Crippen LogP contribution in [-0.4, -0.2) is 34.9 Å². The van der Waals surface area contributed by atoms with Gasteiger partial charge >= 0.3 is 18.2 Å². The number of carboxylic acids is 1. The molecule has 1 atom stereocenters. The van der Waals surface area contributed by atoms with Crippen LogP contribution >= 0.6 is 15.9 Å². The van der Waals surface area contributed by atoms with Crippen LogP contribution in [0.3, 0.4) is 0 Å². The summed E-state index contributed by atoms with van der Waals surface area (Å²) in [5.41, 5.74) is -1.16. The number of aliphatic carboxylic acids is 1. The number of alkyl halides is 3. The smallest absolute Gasteiger partial charge is 0.417 e. The number of aliphatic hydroxyl groups is 1. The maximum atomic E-state index is 12.7. The first kappa shape index (κ1) is 17.2. The van der Waals surface area contributed by atoms with Crippen LogP contribution < -0.4 is 10.6 Å². The highest BCUT2D eigenvalue weighted by Crippen LogP contribution is 2.36. The van der Waals surface area contributed by atoms with Crippen LogP contribution in [0.1, 0.15) is 5.56 Å². The lowest BCUT2D eigenvalue weighted by atomic mass is 10.2. The second-order valence-electron chi connectivity index (χ2n) is 3.86. The van der Waals surface area contributed by atoms with E-state index >= 15 is 0 Å². The number of urea groups is 1. The number of carbonyl (C=O) groups is 2. The third-order valence-corrected chi connectivity index (χ3v) is 3.01. The minimum atomic E-state index is -4.61. The van der Waals surface area contributed by atoms with Crippen LogP contribution in [0, 0.1) is 0 Å². The number of hydrogen-bond donors (Lipinski definition) is 4. The molecule has 1 aromatic rings. The average Bonchev–Trinajstić information content (AvgIpc) is 2.36. The van der Waals surface area contributed by atoms with Crippen molar-refractivity contribution in [2.45, 2.75) is 12.2 Å². The van der Waals surface area contributed by atoms with Gasteiger partial charge < -0.3 is 20.8 Å². The fraction of sp³-hybridized carbons (Fsp3) is 0.273. The molecular formula is C11H10BrF3N2O4. The molecule has 1 aromatic carbocycles. The predicted octanol–water partition coefficient (Wildman–Crippen LogP) is 2.03. The Labute approximate surface area is 125 Å². The van der Waals surface area contributed by atoms with E-state index in [2.05, 4.69) is 21.2 Å². The lowest BCUT2D eigenvalue weighted by molar-refractivity contribution is -0.140. The van der Waals surface area contributed by atoms with Gasteiger partial charge in [-0.2, -0.15) is 13.2 Å². The van der Waals surface area contributed by atoms with Crippen LogP contribution in [0.25, 0.3) is 0 Å². The van der Waals surface area contributed by atoms with Gasteiger partial charge in [0.15, 0.2) is 6.04 Å². The molecule has 0 aromatic heterocycles. The van der Waals surface area contributed by atoms with Crippen molar-refractivity contribution in [3.63, 3.8) is 0 Å². The van der Waals surface area contributed by atoms with Gasteiger partial charge in [0.25, 0.3) is 0 Å². The molecule has 0 saturated carbocycles. The van der Waals surface area contributed by atoms with E-state index in [9.17, 15) is 22.8 Å². The summed E-state index contributed by atoms with van der Waals surface area (Å²) in [5, 5.41) is 21.3. The zero-order chi connectivity index (χ0) is 16.2. The van der Waals surface area contributed by atoms with E-state index in [-0.39, 0.29) is 10.2 Å². The largest absolute Gasteiger partial charge is 0.480 e. The molecule has 0 unspecified atom stereocenters. The Morgan fingerprint density at radius 1 is 1.33 bits per heavy atom. The highest BCUT2D eigenvalue weighted by atomic mass is 79.9. The van der Waals surface area contributed by atoms with E-state index in [1.807, 2.05) is 5.32 Å². The Morgan fingerprint density at radius 2 is 1.95 bits per heavy atom. The lowest BCUT2D eigenvalue weighted by Gasteiger charge is -2.14. The second kappa shape index (κ2) is 6.76. The van der Waals surface area contributed by atoms with Crippen LogP contribution in [-0.2, 0) is 11.0 Å². The first-order valence-electron chi connectivity index (χ1n) is 5.43. The van der Waals surface area contributed by atoms with E-state index in [0.29, 0.717) is 6.07 Å². The van der Waals surface area contributed by atoms with E-state index in [1.165, 1.54) is 6.07 Å². The van der Waals surface area contributed by atoms with Gasteiger partial charge in [-0.25, -0.2) is 9.59 Å². The normalized spacial score (nSPS) is 12.6. The molecule has 6 nitrogen and oxygen atoms in total. The number of anilines is 1.